The van der Waals surface area contributed by atoms with Gasteiger partial charge in [-0.2, -0.15) is 4.37 Å². The van der Waals surface area contributed by atoms with Gasteiger partial charge in [0.25, 0.3) is 5.91 Å². The van der Waals surface area contributed by atoms with E-state index >= 15 is 0 Å². The van der Waals surface area contributed by atoms with Crippen molar-refractivity contribution in [2.24, 2.45) is 0 Å². The molecule has 0 aliphatic carbocycles. The molecule has 26 heavy (non-hydrogen) atoms. The molecule has 3 aromatic heterocycles. The van der Waals surface area contributed by atoms with E-state index in [1.807, 2.05) is 41.3 Å². The molecule has 1 fully saturated rings. The van der Waals surface area contributed by atoms with Gasteiger partial charge in [0.15, 0.2) is 0 Å². The van der Waals surface area contributed by atoms with Crippen LogP contribution in [0.5, 0.6) is 0 Å². The molecular weight excluding hydrogens is 346 g/mol. The molecule has 1 amide bonds. The van der Waals surface area contributed by atoms with E-state index in [2.05, 4.69) is 26.2 Å². The smallest absolute Gasteiger partial charge is 0.265 e. The topological polar surface area (TPSA) is 62.2 Å². The Labute approximate surface area is 156 Å². The van der Waals surface area contributed by atoms with Gasteiger partial charge in [-0.05, 0) is 48.8 Å². The molecule has 0 bridgehead atoms. The maximum absolute atomic E-state index is 12.9. The number of hydrogen-bond acceptors (Lipinski definition) is 6. The number of aromatic nitrogens is 3. The van der Waals surface area contributed by atoms with E-state index in [1.165, 1.54) is 11.5 Å². The molecule has 7 heteroatoms. The van der Waals surface area contributed by atoms with Crippen molar-refractivity contribution in [3.05, 3.63) is 59.9 Å². The maximum atomic E-state index is 12.9. The van der Waals surface area contributed by atoms with Crippen molar-refractivity contribution in [1.82, 2.24) is 19.2 Å². The molecule has 1 unspecified atom stereocenters. The van der Waals surface area contributed by atoms with E-state index in [0.29, 0.717) is 18.0 Å². The summed E-state index contributed by atoms with van der Waals surface area (Å²) in [6, 6.07) is 11.8. The Morgan fingerprint density at radius 2 is 1.96 bits per heavy atom. The lowest BCUT2D eigenvalue weighted by Gasteiger charge is -2.41. The monoisotopic (exact) mass is 365 g/mol. The zero-order valence-electron chi connectivity index (χ0n) is 14.4. The number of carbonyl (C=O) groups excluding carboxylic acids is 1. The first-order chi connectivity index (χ1) is 12.7. The van der Waals surface area contributed by atoms with Crippen LogP contribution in [0.25, 0.3) is 11.4 Å². The average molecular weight is 365 g/mol. The summed E-state index contributed by atoms with van der Waals surface area (Å²) < 4.78 is 4.40. The molecule has 1 atom stereocenters. The van der Waals surface area contributed by atoms with Crippen molar-refractivity contribution >= 4 is 23.1 Å². The summed E-state index contributed by atoms with van der Waals surface area (Å²) in [5, 5.41) is 0. The van der Waals surface area contributed by atoms with Crippen LogP contribution in [0.15, 0.2) is 55.0 Å². The van der Waals surface area contributed by atoms with Gasteiger partial charge in [-0.15, -0.1) is 0 Å². The van der Waals surface area contributed by atoms with E-state index < -0.39 is 0 Å². The van der Waals surface area contributed by atoms with Crippen molar-refractivity contribution in [3.63, 3.8) is 0 Å². The minimum atomic E-state index is 0.0471. The summed E-state index contributed by atoms with van der Waals surface area (Å²) in [5.74, 6) is 0.0471. The molecule has 0 spiro atoms. The highest BCUT2D eigenvalue weighted by atomic mass is 32.1. The molecule has 132 valence electrons. The highest BCUT2D eigenvalue weighted by Crippen LogP contribution is 2.24. The molecule has 1 saturated heterocycles. The van der Waals surface area contributed by atoms with Crippen LogP contribution in [0.1, 0.15) is 16.6 Å². The van der Waals surface area contributed by atoms with Crippen LogP contribution in [0.4, 0.5) is 5.69 Å². The largest absolute Gasteiger partial charge is 0.365 e. The summed E-state index contributed by atoms with van der Waals surface area (Å²) in [4.78, 5) is 26.1. The summed E-state index contributed by atoms with van der Waals surface area (Å²) >= 11 is 1.24. The van der Waals surface area contributed by atoms with Crippen molar-refractivity contribution in [2.75, 3.05) is 24.5 Å². The molecular formula is C19H19N5OS. The lowest BCUT2D eigenvalue weighted by Crippen LogP contribution is -2.53. The van der Waals surface area contributed by atoms with E-state index in [-0.39, 0.29) is 11.9 Å². The fourth-order valence-electron chi connectivity index (χ4n) is 3.23. The van der Waals surface area contributed by atoms with E-state index in [1.54, 1.807) is 18.6 Å². The van der Waals surface area contributed by atoms with Gasteiger partial charge < -0.3 is 9.80 Å². The van der Waals surface area contributed by atoms with Gasteiger partial charge in [-0.25, -0.2) is 0 Å². The van der Waals surface area contributed by atoms with Gasteiger partial charge in [0.1, 0.15) is 10.6 Å². The normalized spacial score (nSPS) is 17.3. The molecule has 1 aliphatic heterocycles. The van der Waals surface area contributed by atoms with Crippen LogP contribution in [-0.4, -0.2) is 50.8 Å². The SMILES string of the molecule is CC1CN(C(=O)c2cc(-c3ccccn3)ns2)CCN1c1ccncc1. The predicted molar refractivity (Wildman–Crippen MR) is 102 cm³/mol. The second kappa shape index (κ2) is 7.21. The van der Waals surface area contributed by atoms with Crippen LogP contribution in [0.3, 0.4) is 0 Å². The van der Waals surface area contributed by atoms with Gasteiger partial charge in [0, 0.05) is 50.0 Å². The quantitative estimate of drug-likeness (QED) is 0.714. The Kier molecular flexibility index (Phi) is 4.62. The lowest BCUT2D eigenvalue weighted by molar-refractivity contribution is 0.0731. The minimum Gasteiger partial charge on any atom is -0.365 e. The van der Waals surface area contributed by atoms with Crippen LogP contribution in [0.2, 0.25) is 0 Å². The summed E-state index contributed by atoms with van der Waals surface area (Å²) in [5.41, 5.74) is 2.69. The van der Waals surface area contributed by atoms with Crippen molar-refractivity contribution in [1.29, 1.82) is 0 Å². The fraction of sp³-hybridized carbons (Fsp3) is 0.263. The van der Waals surface area contributed by atoms with Gasteiger partial charge in [-0.1, -0.05) is 6.07 Å². The predicted octanol–water partition coefficient (Wildman–Crippen LogP) is 2.95. The summed E-state index contributed by atoms with van der Waals surface area (Å²) in [7, 11) is 0. The zero-order valence-corrected chi connectivity index (χ0v) is 15.3. The Morgan fingerprint density at radius 1 is 1.12 bits per heavy atom. The average Bonchev–Trinajstić information content (AvgIpc) is 3.19. The number of rotatable bonds is 3. The van der Waals surface area contributed by atoms with E-state index in [4.69, 9.17) is 0 Å². The highest BCUT2D eigenvalue weighted by Gasteiger charge is 2.28. The molecule has 4 rings (SSSR count). The third kappa shape index (κ3) is 3.30. The Bertz CT molecular complexity index is 883. The van der Waals surface area contributed by atoms with Crippen LogP contribution >= 0.6 is 11.5 Å². The van der Waals surface area contributed by atoms with Crippen LogP contribution < -0.4 is 4.90 Å². The molecule has 4 heterocycles. The minimum absolute atomic E-state index is 0.0471. The third-order valence-corrected chi connectivity index (χ3v) is 5.33. The molecule has 6 nitrogen and oxygen atoms in total. The summed E-state index contributed by atoms with van der Waals surface area (Å²) in [6.07, 6.45) is 5.34. The molecule has 1 aliphatic rings. The second-order valence-corrected chi connectivity index (χ2v) is 7.10. The van der Waals surface area contributed by atoms with Crippen LogP contribution in [-0.2, 0) is 0 Å². The number of pyridine rings is 2. The van der Waals surface area contributed by atoms with Crippen molar-refractivity contribution < 1.29 is 4.79 Å². The zero-order chi connectivity index (χ0) is 17.9. The lowest BCUT2D eigenvalue weighted by atomic mass is 10.1. The first kappa shape index (κ1) is 16.7. The number of carbonyl (C=O) groups is 1. The molecule has 0 saturated carbocycles. The number of piperazine rings is 1. The standard InChI is InChI=1S/C19H19N5OS/c1-14-13-23(10-11-24(14)15-5-8-20-9-6-15)19(25)18-12-17(22-26-18)16-4-2-3-7-21-16/h2-9,12,14H,10-11,13H2,1H3. The Hall–Kier alpha value is -2.80. The second-order valence-electron chi connectivity index (χ2n) is 6.29. The number of nitrogens with zero attached hydrogens (tertiary/aromatic N) is 5. The van der Waals surface area contributed by atoms with E-state index in [9.17, 15) is 4.79 Å². The van der Waals surface area contributed by atoms with Gasteiger partial charge in [-0.3, -0.25) is 14.8 Å². The third-order valence-electron chi connectivity index (χ3n) is 4.56. The van der Waals surface area contributed by atoms with Crippen LogP contribution in [0, 0.1) is 0 Å². The molecule has 0 radical (unpaired) electrons. The number of hydrogen-bond donors (Lipinski definition) is 0. The van der Waals surface area contributed by atoms with Gasteiger partial charge in [0.2, 0.25) is 0 Å². The highest BCUT2D eigenvalue weighted by molar-refractivity contribution is 7.08. The van der Waals surface area contributed by atoms with E-state index in [0.717, 1.165) is 23.6 Å². The molecule has 0 aromatic carbocycles. The molecule has 0 N–H and O–H groups in total. The number of amides is 1. The fourth-order valence-corrected chi connectivity index (χ4v) is 3.94. The first-order valence-corrected chi connectivity index (χ1v) is 9.34. The maximum Gasteiger partial charge on any atom is 0.265 e. The Morgan fingerprint density at radius 3 is 2.69 bits per heavy atom. The Balaban J connectivity index is 1.46. The number of anilines is 1. The van der Waals surface area contributed by atoms with Crippen molar-refractivity contribution in [2.45, 2.75) is 13.0 Å². The van der Waals surface area contributed by atoms with Crippen molar-refractivity contribution in [3.8, 4) is 11.4 Å². The summed E-state index contributed by atoms with van der Waals surface area (Å²) in [6.45, 7) is 4.34. The van der Waals surface area contributed by atoms with Gasteiger partial charge >= 0.3 is 0 Å². The van der Waals surface area contributed by atoms with Gasteiger partial charge in [0.05, 0.1) is 5.69 Å². The first-order valence-electron chi connectivity index (χ1n) is 8.56. The molecule has 3 aromatic rings.